The molecule has 0 radical (unpaired) electrons. The maximum atomic E-state index is 6.24. The van der Waals surface area contributed by atoms with Gasteiger partial charge in [0.2, 0.25) is 0 Å². The van der Waals surface area contributed by atoms with Crippen LogP contribution in [0.15, 0.2) is 24.7 Å². The van der Waals surface area contributed by atoms with Crippen molar-refractivity contribution in [3.05, 3.63) is 40.9 Å². The molecule has 6 heteroatoms. The van der Waals surface area contributed by atoms with Crippen LogP contribution in [0.4, 0.5) is 0 Å². The molecule has 1 atom stereocenters. The zero-order valence-electron chi connectivity index (χ0n) is 11.2. The number of halogens is 1. The fourth-order valence-electron chi connectivity index (χ4n) is 2.10. The van der Waals surface area contributed by atoms with Gasteiger partial charge >= 0.3 is 0 Å². The van der Waals surface area contributed by atoms with Crippen molar-refractivity contribution in [1.29, 1.82) is 0 Å². The lowest BCUT2D eigenvalue weighted by atomic mass is 10.0. The van der Waals surface area contributed by atoms with Gasteiger partial charge in [0.1, 0.15) is 5.75 Å². The van der Waals surface area contributed by atoms with Gasteiger partial charge in [0.25, 0.3) is 0 Å². The van der Waals surface area contributed by atoms with Crippen molar-refractivity contribution < 1.29 is 4.74 Å². The summed E-state index contributed by atoms with van der Waals surface area (Å²) < 4.78 is 7.15. The van der Waals surface area contributed by atoms with Crippen LogP contribution in [-0.2, 0) is 7.05 Å². The molecule has 2 rings (SSSR count). The number of nitrogens with one attached hydrogen (secondary N) is 1. The van der Waals surface area contributed by atoms with E-state index in [0.29, 0.717) is 5.02 Å². The molecule has 0 fully saturated rings. The standard InChI is InChI=1S/C13H17ClN4O/c1-4-16-12(13-10(14)7-17-18(13)2)9-5-6-15-8-11(9)19-3/h5-8,12,16H,4H2,1-3H3. The van der Waals surface area contributed by atoms with Gasteiger partial charge in [-0.1, -0.05) is 18.5 Å². The molecule has 2 heterocycles. The first-order valence-corrected chi connectivity index (χ1v) is 6.45. The maximum Gasteiger partial charge on any atom is 0.142 e. The Balaban J connectivity index is 2.51. The third kappa shape index (κ3) is 2.72. The molecule has 0 aliphatic carbocycles. The van der Waals surface area contributed by atoms with E-state index in [4.69, 9.17) is 16.3 Å². The van der Waals surface area contributed by atoms with Crippen LogP contribution in [0.2, 0.25) is 5.02 Å². The Morgan fingerprint density at radius 2 is 2.26 bits per heavy atom. The van der Waals surface area contributed by atoms with Gasteiger partial charge in [-0.2, -0.15) is 5.10 Å². The maximum absolute atomic E-state index is 6.24. The zero-order chi connectivity index (χ0) is 13.8. The van der Waals surface area contributed by atoms with Gasteiger partial charge in [-0.05, 0) is 12.6 Å². The second kappa shape index (κ2) is 6.04. The number of aromatic nitrogens is 3. The first-order valence-electron chi connectivity index (χ1n) is 6.07. The lowest BCUT2D eigenvalue weighted by molar-refractivity contribution is 0.400. The Kier molecular flexibility index (Phi) is 4.39. The van der Waals surface area contributed by atoms with E-state index in [1.54, 1.807) is 30.4 Å². The van der Waals surface area contributed by atoms with Crippen LogP contribution in [0.5, 0.6) is 5.75 Å². The summed E-state index contributed by atoms with van der Waals surface area (Å²) in [6.07, 6.45) is 5.09. The smallest absolute Gasteiger partial charge is 0.142 e. The number of aryl methyl sites for hydroxylation is 1. The van der Waals surface area contributed by atoms with Gasteiger partial charge in [0.15, 0.2) is 0 Å². The van der Waals surface area contributed by atoms with Crippen molar-refractivity contribution in [2.75, 3.05) is 13.7 Å². The summed E-state index contributed by atoms with van der Waals surface area (Å²) in [7, 11) is 3.51. The van der Waals surface area contributed by atoms with Crippen molar-refractivity contribution >= 4 is 11.6 Å². The van der Waals surface area contributed by atoms with Crippen LogP contribution in [0.3, 0.4) is 0 Å². The molecule has 1 N–H and O–H groups in total. The molecule has 2 aromatic rings. The second-order valence-electron chi connectivity index (χ2n) is 4.11. The third-order valence-corrected chi connectivity index (χ3v) is 3.26. The van der Waals surface area contributed by atoms with Crippen molar-refractivity contribution in [2.24, 2.45) is 7.05 Å². The van der Waals surface area contributed by atoms with E-state index >= 15 is 0 Å². The van der Waals surface area contributed by atoms with Gasteiger partial charge in [-0.3, -0.25) is 9.67 Å². The molecular weight excluding hydrogens is 264 g/mol. The highest BCUT2D eigenvalue weighted by Crippen LogP contribution is 2.32. The van der Waals surface area contributed by atoms with Crippen LogP contribution in [0.1, 0.15) is 24.2 Å². The summed E-state index contributed by atoms with van der Waals surface area (Å²) in [4.78, 5) is 4.08. The van der Waals surface area contributed by atoms with Crippen LogP contribution in [-0.4, -0.2) is 28.4 Å². The minimum absolute atomic E-state index is 0.0806. The molecule has 0 aliphatic rings. The Bertz CT molecular complexity index is 536. The highest BCUT2D eigenvalue weighted by atomic mass is 35.5. The first-order chi connectivity index (χ1) is 9.19. The normalized spacial score (nSPS) is 12.4. The molecule has 0 aliphatic heterocycles. The van der Waals surface area contributed by atoms with Crippen LogP contribution < -0.4 is 10.1 Å². The molecule has 0 saturated heterocycles. The van der Waals surface area contributed by atoms with Gasteiger partial charge < -0.3 is 10.1 Å². The molecule has 1 unspecified atom stereocenters. The minimum Gasteiger partial charge on any atom is -0.495 e. The summed E-state index contributed by atoms with van der Waals surface area (Å²) in [5.41, 5.74) is 1.90. The molecule has 19 heavy (non-hydrogen) atoms. The first kappa shape index (κ1) is 13.8. The molecule has 5 nitrogen and oxygen atoms in total. The predicted molar refractivity (Wildman–Crippen MR) is 74.5 cm³/mol. The van der Waals surface area contributed by atoms with Gasteiger partial charge in [0, 0.05) is 18.8 Å². The van der Waals surface area contributed by atoms with Crippen molar-refractivity contribution in [3.63, 3.8) is 0 Å². The summed E-state index contributed by atoms with van der Waals surface area (Å²) in [5.74, 6) is 0.728. The fourth-order valence-corrected chi connectivity index (χ4v) is 2.38. The second-order valence-corrected chi connectivity index (χ2v) is 4.52. The summed E-state index contributed by atoms with van der Waals surface area (Å²) in [5, 5.41) is 8.22. The number of ether oxygens (including phenoxy) is 1. The molecular formula is C13H17ClN4O. The number of methoxy groups -OCH3 is 1. The lowest BCUT2D eigenvalue weighted by Crippen LogP contribution is -2.25. The summed E-state index contributed by atoms with van der Waals surface area (Å²) in [6.45, 7) is 2.85. The monoisotopic (exact) mass is 280 g/mol. The van der Waals surface area contributed by atoms with Crippen molar-refractivity contribution in [1.82, 2.24) is 20.1 Å². The number of rotatable bonds is 5. The largest absolute Gasteiger partial charge is 0.495 e. The van der Waals surface area contributed by atoms with E-state index < -0.39 is 0 Å². The fraction of sp³-hybridized carbons (Fsp3) is 0.385. The molecule has 0 bridgehead atoms. The predicted octanol–water partition coefficient (Wildman–Crippen LogP) is 2.18. The quantitative estimate of drug-likeness (QED) is 0.912. The van der Waals surface area contributed by atoms with E-state index in [0.717, 1.165) is 23.6 Å². The van der Waals surface area contributed by atoms with Crippen LogP contribution in [0, 0.1) is 0 Å². The Hall–Kier alpha value is -1.59. The number of hydrogen-bond acceptors (Lipinski definition) is 4. The van der Waals surface area contributed by atoms with E-state index in [9.17, 15) is 0 Å². The molecule has 0 amide bonds. The van der Waals surface area contributed by atoms with E-state index in [-0.39, 0.29) is 6.04 Å². The number of pyridine rings is 1. The van der Waals surface area contributed by atoms with E-state index in [2.05, 4.69) is 15.4 Å². The SMILES string of the molecule is CCNC(c1ccncc1OC)c1c(Cl)cnn1C. The van der Waals surface area contributed by atoms with Gasteiger partial charge in [0.05, 0.1) is 36.3 Å². The van der Waals surface area contributed by atoms with Crippen LogP contribution in [0.25, 0.3) is 0 Å². The Morgan fingerprint density at radius 3 is 2.84 bits per heavy atom. The number of nitrogens with zero attached hydrogens (tertiary/aromatic N) is 3. The molecule has 102 valence electrons. The highest BCUT2D eigenvalue weighted by Gasteiger charge is 2.23. The Morgan fingerprint density at radius 1 is 1.47 bits per heavy atom. The number of hydrogen-bond donors (Lipinski definition) is 1. The van der Waals surface area contributed by atoms with E-state index in [1.807, 2.05) is 20.0 Å². The highest BCUT2D eigenvalue weighted by molar-refractivity contribution is 6.31. The average molecular weight is 281 g/mol. The topological polar surface area (TPSA) is 52.0 Å². The van der Waals surface area contributed by atoms with Crippen molar-refractivity contribution in [3.8, 4) is 5.75 Å². The van der Waals surface area contributed by atoms with E-state index in [1.165, 1.54) is 0 Å². The molecule has 0 aromatic carbocycles. The molecule has 0 saturated carbocycles. The summed E-state index contributed by atoms with van der Waals surface area (Å²) >= 11 is 6.24. The average Bonchev–Trinajstić information content (AvgIpc) is 2.76. The third-order valence-electron chi connectivity index (χ3n) is 2.97. The molecule has 2 aromatic heterocycles. The molecule has 0 spiro atoms. The zero-order valence-corrected chi connectivity index (χ0v) is 12.0. The lowest BCUT2D eigenvalue weighted by Gasteiger charge is -2.21. The minimum atomic E-state index is -0.0806. The van der Waals surface area contributed by atoms with Gasteiger partial charge in [-0.25, -0.2) is 0 Å². The van der Waals surface area contributed by atoms with Gasteiger partial charge in [-0.15, -0.1) is 0 Å². The van der Waals surface area contributed by atoms with Crippen LogP contribution >= 0.6 is 11.6 Å². The summed E-state index contributed by atoms with van der Waals surface area (Å²) in [6, 6.07) is 1.85. The van der Waals surface area contributed by atoms with Crippen molar-refractivity contribution in [2.45, 2.75) is 13.0 Å². The Labute approximate surface area is 117 Å².